The van der Waals surface area contributed by atoms with E-state index in [4.69, 9.17) is 4.74 Å². The summed E-state index contributed by atoms with van der Waals surface area (Å²) in [6, 6.07) is 8.47. The third kappa shape index (κ3) is 4.45. The van der Waals surface area contributed by atoms with Crippen LogP contribution in [-0.2, 0) is 6.42 Å². The molecule has 0 amide bonds. The lowest BCUT2D eigenvalue weighted by atomic mass is 9.80. The van der Waals surface area contributed by atoms with Crippen molar-refractivity contribution in [2.24, 2.45) is 0 Å². The standard InChI is InChI=1S/C18H29NO2/c1-3-6-15-8-10-16(11-9-15)21-17-7-5-12-18(13-17,14-20)19-4-2/h8-11,17,19-20H,3-7,12-14H2,1-2H3. The van der Waals surface area contributed by atoms with Crippen LogP contribution in [0.5, 0.6) is 5.75 Å². The molecule has 1 aliphatic carbocycles. The Morgan fingerprint density at radius 1 is 1.29 bits per heavy atom. The Hall–Kier alpha value is -1.06. The maximum Gasteiger partial charge on any atom is 0.119 e. The Balaban J connectivity index is 1.95. The summed E-state index contributed by atoms with van der Waals surface area (Å²) >= 11 is 0. The first-order valence-corrected chi connectivity index (χ1v) is 8.33. The first-order chi connectivity index (χ1) is 10.2. The molecule has 0 radical (unpaired) electrons. The summed E-state index contributed by atoms with van der Waals surface area (Å²) in [5.74, 6) is 0.949. The van der Waals surface area contributed by atoms with Crippen molar-refractivity contribution in [3.8, 4) is 5.75 Å². The molecule has 21 heavy (non-hydrogen) atoms. The largest absolute Gasteiger partial charge is 0.490 e. The fourth-order valence-electron chi connectivity index (χ4n) is 3.36. The number of aliphatic hydroxyl groups excluding tert-OH is 1. The monoisotopic (exact) mass is 291 g/mol. The van der Waals surface area contributed by atoms with Crippen molar-refractivity contribution in [3.05, 3.63) is 29.8 Å². The Morgan fingerprint density at radius 3 is 2.67 bits per heavy atom. The van der Waals surface area contributed by atoms with Gasteiger partial charge in [-0.25, -0.2) is 0 Å². The summed E-state index contributed by atoms with van der Waals surface area (Å²) in [5.41, 5.74) is 1.21. The number of benzene rings is 1. The Morgan fingerprint density at radius 2 is 2.05 bits per heavy atom. The van der Waals surface area contributed by atoms with Gasteiger partial charge in [-0.3, -0.25) is 0 Å². The van der Waals surface area contributed by atoms with Crippen LogP contribution in [0, 0.1) is 0 Å². The third-order valence-electron chi connectivity index (χ3n) is 4.42. The highest BCUT2D eigenvalue weighted by Gasteiger charge is 2.36. The zero-order valence-corrected chi connectivity index (χ0v) is 13.4. The third-order valence-corrected chi connectivity index (χ3v) is 4.42. The molecule has 118 valence electrons. The minimum Gasteiger partial charge on any atom is -0.490 e. The zero-order valence-electron chi connectivity index (χ0n) is 13.4. The van der Waals surface area contributed by atoms with Gasteiger partial charge in [-0.2, -0.15) is 0 Å². The van der Waals surface area contributed by atoms with Gasteiger partial charge in [0, 0.05) is 12.0 Å². The lowest BCUT2D eigenvalue weighted by molar-refractivity contribution is 0.0520. The van der Waals surface area contributed by atoms with E-state index in [1.165, 1.54) is 12.0 Å². The summed E-state index contributed by atoms with van der Waals surface area (Å²) in [6.07, 6.45) is 6.58. The molecule has 1 fully saturated rings. The molecule has 0 aliphatic heterocycles. The molecule has 2 N–H and O–H groups in total. The predicted octanol–water partition coefficient (Wildman–Crippen LogP) is 3.30. The number of aryl methyl sites for hydroxylation is 1. The van der Waals surface area contributed by atoms with E-state index in [9.17, 15) is 5.11 Å². The molecule has 2 atom stereocenters. The highest BCUT2D eigenvalue weighted by molar-refractivity contribution is 5.27. The van der Waals surface area contributed by atoms with Gasteiger partial charge in [0.05, 0.1) is 6.61 Å². The summed E-state index contributed by atoms with van der Waals surface area (Å²) in [6.45, 7) is 5.37. The molecule has 1 aliphatic rings. The van der Waals surface area contributed by atoms with Crippen molar-refractivity contribution < 1.29 is 9.84 Å². The van der Waals surface area contributed by atoms with Crippen LogP contribution in [0.15, 0.2) is 24.3 Å². The van der Waals surface area contributed by atoms with E-state index in [-0.39, 0.29) is 18.2 Å². The molecule has 3 heteroatoms. The number of hydrogen-bond acceptors (Lipinski definition) is 3. The van der Waals surface area contributed by atoms with Gasteiger partial charge >= 0.3 is 0 Å². The van der Waals surface area contributed by atoms with Crippen LogP contribution in [-0.4, -0.2) is 29.9 Å². The van der Waals surface area contributed by atoms with Crippen LogP contribution in [0.25, 0.3) is 0 Å². The maximum atomic E-state index is 9.73. The van der Waals surface area contributed by atoms with Crippen LogP contribution < -0.4 is 10.1 Å². The highest BCUT2D eigenvalue weighted by atomic mass is 16.5. The molecular formula is C18H29NO2. The van der Waals surface area contributed by atoms with Crippen LogP contribution >= 0.6 is 0 Å². The van der Waals surface area contributed by atoms with Gasteiger partial charge in [-0.15, -0.1) is 0 Å². The average molecular weight is 291 g/mol. The van der Waals surface area contributed by atoms with Crippen molar-refractivity contribution in [3.63, 3.8) is 0 Å². The first kappa shape index (κ1) is 16.3. The van der Waals surface area contributed by atoms with Crippen molar-refractivity contribution in [2.75, 3.05) is 13.2 Å². The summed E-state index contributed by atoms with van der Waals surface area (Å²) in [4.78, 5) is 0. The normalized spacial score (nSPS) is 25.8. The summed E-state index contributed by atoms with van der Waals surface area (Å²) in [7, 11) is 0. The van der Waals surface area contributed by atoms with Crippen molar-refractivity contribution in [1.82, 2.24) is 5.32 Å². The second kappa shape index (κ2) is 7.81. The van der Waals surface area contributed by atoms with Gasteiger partial charge < -0.3 is 15.2 Å². The first-order valence-electron chi connectivity index (χ1n) is 8.33. The van der Waals surface area contributed by atoms with E-state index in [1.807, 2.05) is 0 Å². The molecule has 2 unspecified atom stereocenters. The Kier molecular flexibility index (Phi) is 6.07. The van der Waals surface area contributed by atoms with Crippen LogP contribution in [0.3, 0.4) is 0 Å². The van der Waals surface area contributed by atoms with Crippen LogP contribution in [0.1, 0.15) is 51.5 Å². The van der Waals surface area contributed by atoms with Gasteiger partial charge in [0.15, 0.2) is 0 Å². The minimum atomic E-state index is -0.153. The average Bonchev–Trinajstić information content (AvgIpc) is 2.50. The Bertz CT molecular complexity index is 414. The number of hydrogen-bond donors (Lipinski definition) is 2. The fourth-order valence-corrected chi connectivity index (χ4v) is 3.36. The SMILES string of the molecule is CCCc1ccc(OC2CCCC(CO)(NCC)C2)cc1. The molecule has 0 spiro atoms. The van der Waals surface area contributed by atoms with Crippen LogP contribution in [0.4, 0.5) is 0 Å². The van der Waals surface area contributed by atoms with E-state index in [0.717, 1.165) is 44.4 Å². The molecule has 1 saturated carbocycles. The quantitative estimate of drug-likeness (QED) is 0.810. The number of nitrogens with one attached hydrogen (secondary N) is 1. The zero-order chi connectivity index (χ0) is 15.1. The Labute approximate surface area is 128 Å². The number of rotatable bonds is 7. The van der Waals surface area contributed by atoms with Gasteiger partial charge in [-0.1, -0.05) is 32.4 Å². The number of likely N-dealkylation sites (N-methyl/N-ethyl adjacent to an activating group) is 1. The van der Waals surface area contributed by atoms with Gasteiger partial charge in [0.2, 0.25) is 0 Å². The van der Waals surface area contributed by atoms with E-state index < -0.39 is 0 Å². The van der Waals surface area contributed by atoms with Crippen molar-refractivity contribution in [2.45, 2.75) is 64.0 Å². The van der Waals surface area contributed by atoms with Crippen molar-refractivity contribution in [1.29, 1.82) is 0 Å². The number of aliphatic hydroxyl groups is 1. The molecule has 0 saturated heterocycles. The topological polar surface area (TPSA) is 41.5 Å². The number of ether oxygens (including phenoxy) is 1. The van der Waals surface area contributed by atoms with Gasteiger partial charge in [-0.05, 0) is 49.9 Å². The lowest BCUT2D eigenvalue weighted by Crippen LogP contribution is -2.53. The molecule has 1 aromatic carbocycles. The second-order valence-corrected chi connectivity index (χ2v) is 6.20. The van der Waals surface area contributed by atoms with E-state index >= 15 is 0 Å². The molecule has 0 aromatic heterocycles. The van der Waals surface area contributed by atoms with Crippen molar-refractivity contribution >= 4 is 0 Å². The molecular weight excluding hydrogens is 262 g/mol. The molecule has 0 bridgehead atoms. The van der Waals surface area contributed by atoms with E-state index in [2.05, 4.69) is 43.4 Å². The van der Waals surface area contributed by atoms with Gasteiger partial charge in [0.25, 0.3) is 0 Å². The molecule has 1 aromatic rings. The van der Waals surface area contributed by atoms with E-state index in [0.29, 0.717) is 0 Å². The smallest absolute Gasteiger partial charge is 0.119 e. The van der Waals surface area contributed by atoms with E-state index in [1.54, 1.807) is 0 Å². The maximum absolute atomic E-state index is 9.73. The summed E-state index contributed by atoms with van der Waals surface area (Å²) < 4.78 is 6.14. The van der Waals surface area contributed by atoms with Crippen LogP contribution in [0.2, 0.25) is 0 Å². The second-order valence-electron chi connectivity index (χ2n) is 6.20. The lowest BCUT2D eigenvalue weighted by Gasteiger charge is -2.40. The fraction of sp³-hybridized carbons (Fsp3) is 0.667. The predicted molar refractivity (Wildman–Crippen MR) is 86.8 cm³/mol. The molecule has 3 nitrogen and oxygen atoms in total. The molecule has 0 heterocycles. The minimum absolute atomic E-state index is 0.153. The summed E-state index contributed by atoms with van der Waals surface area (Å²) in [5, 5.41) is 13.2. The highest BCUT2D eigenvalue weighted by Crippen LogP contribution is 2.31. The molecule has 2 rings (SSSR count). The van der Waals surface area contributed by atoms with Gasteiger partial charge in [0.1, 0.15) is 11.9 Å².